The van der Waals surface area contributed by atoms with Gasteiger partial charge in [-0.3, -0.25) is 9.59 Å². The highest BCUT2D eigenvalue weighted by molar-refractivity contribution is 6.08. The van der Waals surface area contributed by atoms with Crippen LogP contribution in [0.1, 0.15) is 28.8 Å². The van der Waals surface area contributed by atoms with Crippen LogP contribution in [0.2, 0.25) is 0 Å². The second kappa shape index (κ2) is 9.67. The molecule has 0 saturated carbocycles. The Morgan fingerprint density at radius 2 is 2.06 bits per heavy atom. The summed E-state index contributed by atoms with van der Waals surface area (Å²) in [6.07, 6.45) is 5.24. The van der Waals surface area contributed by atoms with Crippen molar-refractivity contribution in [2.75, 3.05) is 47.1 Å². The summed E-state index contributed by atoms with van der Waals surface area (Å²) in [5, 5.41) is 9.32. The van der Waals surface area contributed by atoms with Gasteiger partial charge in [0.25, 0.3) is 11.5 Å². The van der Waals surface area contributed by atoms with Crippen molar-refractivity contribution in [2.45, 2.75) is 25.8 Å². The zero-order valence-corrected chi connectivity index (χ0v) is 19.6. The molecule has 10 nitrogen and oxygen atoms in total. The topological polar surface area (TPSA) is 137 Å². The van der Waals surface area contributed by atoms with Gasteiger partial charge in [0.1, 0.15) is 17.9 Å². The number of carbonyl (C=O) groups excluding carboxylic acids is 1. The van der Waals surface area contributed by atoms with Crippen LogP contribution in [0.15, 0.2) is 47.5 Å². The number of benzene rings is 1. The summed E-state index contributed by atoms with van der Waals surface area (Å²) in [5.74, 6) is 0.0327. The Morgan fingerprint density at radius 3 is 2.86 bits per heavy atom. The SMILES string of the molecule is Cc1c(Nc2cc[nH]c(=O)c2C(=O)Nc2ccc(N3CCCC(N)C3)cc2)cnc2c1NCCO2. The number of nitrogens with one attached hydrogen (secondary N) is 4. The van der Waals surface area contributed by atoms with Gasteiger partial charge in [-0.1, -0.05) is 0 Å². The van der Waals surface area contributed by atoms with Crippen LogP contribution in [-0.2, 0) is 0 Å². The number of fused-ring (bicyclic) bond motifs is 1. The molecule has 182 valence electrons. The number of ether oxygens (including phenoxy) is 1. The standard InChI is InChI=1S/C25H29N7O3/c1-15-20(13-29-25-22(15)27-10-12-35-25)31-19-8-9-28-23(33)21(19)24(34)30-17-4-6-18(7-5-17)32-11-2-3-16(26)14-32/h4-9,13,16,27H,2-3,10-12,14,26H2,1H3,(H,30,34)(H2,28,31,33). The predicted molar refractivity (Wildman–Crippen MR) is 137 cm³/mol. The van der Waals surface area contributed by atoms with Crippen LogP contribution in [0.5, 0.6) is 5.88 Å². The van der Waals surface area contributed by atoms with Crippen molar-refractivity contribution in [1.29, 1.82) is 0 Å². The number of amides is 1. The van der Waals surface area contributed by atoms with Crippen molar-refractivity contribution in [3.8, 4) is 5.88 Å². The Morgan fingerprint density at radius 1 is 1.23 bits per heavy atom. The Bertz CT molecular complexity index is 1290. The molecule has 35 heavy (non-hydrogen) atoms. The fourth-order valence-corrected chi connectivity index (χ4v) is 4.49. The van der Waals surface area contributed by atoms with E-state index in [-0.39, 0.29) is 11.6 Å². The lowest BCUT2D eigenvalue weighted by molar-refractivity contribution is 0.102. The molecule has 0 aliphatic carbocycles. The van der Waals surface area contributed by atoms with Gasteiger partial charge < -0.3 is 36.3 Å². The van der Waals surface area contributed by atoms with Crippen molar-refractivity contribution >= 4 is 34.3 Å². The molecular weight excluding hydrogens is 446 g/mol. The van der Waals surface area contributed by atoms with E-state index in [9.17, 15) is 9.59 Å². The molecule has 10 heteroatoms. The van der Waals surface area contributed by atoms with Gasteiger partial charge in [0.15, 0.2) is 0 Å². The van der Waals surface area contributed by atoms with Crippen molar-refractivity contribution < 1.29 is 9.53 Å². The number of rotatable bonds is 5. The Labute approximate surface area is 202 Å². The number of nitrogens with zero attached hydrogens (tertiary/aromatic N) is 2. The number of H-pyrrole nitrogens is 1. The molecular formula is C25H29N7O3. The second-order valence-corrected chi connectivity index (χ2v) is 8.82. The molecule has 1 unspecified atom stereocenters. The number of pyridine rings is 2. The number of carbonyl (C=O) groups is 1. The number of hydrogen-bond acceptors (Lipinski definition) is 8. The van der Waals surface area contributed by atoms with E-state index in [0.29, 0.717) is 36.1 Å². The number of anilines is 5. The fraction of sp³-hybridized carbons (Fsp3) is 0.320. The van der Waals surface area contributed by atoms with Crippen LogP contribution < -0.4 is 36.9 Å². The molecule has 2 aliphatic rings. The molecule has 4 heterocycles. The summed E-state index contributed by atoms with van der Waals surface area (Å²) in [6, 6.07) is 9.42. The van der Waals surface area contributed by atoms with E-state index in [1.807, 2.05) is 31.2 Å². The Hall–Kier alpha value is -4.05. The maximum atomic E-state index is 13.1. The highest BCUT2D eigenvalue weighted by atomic mass is 16.5. The summed E-state index contributed by atoms with van der Waals surface area (Å²) in [5.41, 5.74) is 9.99. The van der Waals surface area contributed by atoms with E-state index in [1.54, 1.807) is 12.3 Å². The number of nitrogens with two attached hydrogens (primary N) is 1. The lowest BCUT2D eigenvalue weighted by Crippen LogP contribution is -2.42. The van der Waals surface area contributed by atoms with Crippen molar-refractivity contribution in [2.24, 2.45) is 5.73 Å². The van der Waals surface area contributed by atoms with Gasteiger partial charge in [-0.15, -0.1) is 0 Å². The zero-order valence-electron chi connectivity index (χ0n) is 19.6. The normalized spacial score (nSPS) is 17.1. The third-order valence-electron chi connectivity index (χ3n) is 6.35. The molecule has 0 spiro atoms. The smallest absolute Gasteiger partial charge is 0.263 e. The zero-order chi connectivity index (χ0) is 24.4. The molecule has 1 saturated heterocycles. The molecule has 2 aliphatic heterocycles. The first-order valence-corrected chi connectivity index (χ1v) is 11.8. The Kier molecular flexibility index (Phi) is 6.28. The van der Waals surface area contributed by atoms with Gasteiger partial charge in [0.05, 0.1) is 17.6 Å². The summed E-state index contributed by atoms with van der Waals surface area (Å²) in [6.45, 7) is 4.94. The third-order valence-corrected chi connectivity index (χ3v) is 6.35. The number of piperidine rings is 1. The molecule has 0 bridgehead atoms. The van der Waals surface area contributed by atoms with Crippen molar-refractivity contribution in [3.05, 3.63) is 64.2 Å². The molecule has 1 atom stereocenters. The summed E-state index contributed by atoms with van der Waals surface area (Å²) in [7, 11) is 0. The molecule has 1 fully saturated rings. The molecule has 6 N–H and O–H groups in total. The monoisotopic (exact) mass is 475 g/mol. The van der Waals surface area contributed by atoms with Gasteiger partial charge in [0.2, 0.25) is 5.88 Å². The minimum atomic E-state index is -0.507. The van der Waals surface area contributed by atoms with E-state index in [2.05, 4.69) is 30.8 Å². The molecule has 2 aromatic heterocycles. The van der Waals surface area contributed by atoms with Crippen LogP contribution in [0.4, 0.5) is 28.4 Å². The first-order valence-electron chi connectivity index (χ1n) is 11.8. The molecule has 1 amide bonds. The third kappa shape index (κ3) is 4.78. The lowest BCUT2D eigenvalue weighted by atomic mass is 10.1. The van der Waals surface area contributed by atoms with Gasteiger partial charge in [0, 0.05) is 48.8 Å². The minimum absolute atomic E-state index is 0.0140. The van der Waals surface area contributed by atoms with Gasteiger partial charge >= 0.3 is 0 Å². The van der Waals surface area contributed by atoms with Crippen LogP contribution in [-0.4, -0.2) is 48.2 Å². The maximum Gasteiger partial charge on any atom is 0.263 e. The van der Waals surface area contributed by atoms with E-state index in [1.165, 1.54) is 6.20 Å². The van der Waals surface area contributed by atoms with Crippen LogP contribution in [0.3, 0.4) is 0 Å². The second-order valence-electron chi connectivity index (χ2n) is 8.82. The highest BCUT2D eigenvalue weighted by Gasteiger charge is 2.21. The average molecular weight is 476 g/mol. The lowest BCUT2D eigenvalue weighted by Gasteiger charge is -2.32. The average Bonchev–Trinajstić information content (AvgIpc) is 2.86. The first kappa shape index (κ1) is 22.7. The van der Waals surface area contributed by atoms with Gasteiger partial charge in [-0.25, -0.2) is 4.98 Å². The van der Waals surface area contributed by atoms with E-state index >= 15 is 0 Å². The summed E-state index contributed by atoms with van der Waals surface area (Å²) >= 11 is 0. The summed E-state index contributed by atoms with van der Waals surface area (Å²) in [4.78, 5) is 35.0. The Balaban J connectivity index is 1.35. The number of hydrogen-bond donors (Lipinski definition) is 5. The molecule has 0 radical (unpaired) electrons. The van der Waals surface area contributed by atoms with Gasteiger partial charge in [-0.05, 0) is 50.1 Å². The molecule has 1 aromatic carbocycles. The van der Waals surface area contributed by atoms with Gasteiger partial charge in [-0.2, -0.15) is 0 Å². The maximum absolute atomic E-state index is 13.1. The van der Waals surface area contributed by atoms with E-state index < -0.39 is 11.5 Å². The molecule has 3 aromatic rings. The van der Waals surface area contributed by atoms with Crippen LogP contribution in [0, 0.1) is 6.92 Å². The summed E-state index contributed by atoms with van der Waals surface area (Å²) < 4.78 is 5.58. The first-order chi connectivity index (χ1) is 17.0. The number of aromatic amines is 1. The van der Waals surface area contributed by atoms with Crippen LogP contribution in [0.25, 0.3) is 0 Å². The fourth-order valence-electron chi connectivity index (χ4n) is 4.49. The highest BCUT2D eigenvalue weighted by Crippen LogP contribution is 2.34. The van der Waals surface area contributed by atoms with Crippen molar-refractivity contribution in [3.63, 3.8) is 0 Å². The predicted octanol–water partition coefficient (Wildman–Crippen LogP) is 2.81. The van der Waals surface area contributed by atoms with E-state index in [0.717, 1.165) is 42.9 Å². The van der Waals surface area contributed by atoms with Crippen LogP contribution >= 0.6 is 0 Å². The van der Waals surface area contributed by atoms with Crippen molar-refractivity contribution in [1.82, 2.24) is 9.97 Å². The minimum Gasteiger partial charge on any atom is -0.474 e. The molecule has 5 rings (SSSR count). The quantitative estimate of drug-likeness (QED) is 0.380. The number of aromatic nitrogens is 2. The van der Waals surface area contributed by atoms with E-state index in [4.69, 9.17) is 10.5 Å². The largest absolute Gasteiger partial charge is 0.474 e.